The Labute approximate surface area is 197 Å². The normalized spacial score (nSPS) is 18.7. The van der Waals surface area contributed by atoms with Crippen LogP contribution in [-0.2, 0) is 14.4 Å². The molecule has 0 aromatic heterocycles. The Bertz CT molecular complexity index is 1010. The molecule has 2 aliphatic heterocycles. The van der Waals surface area contributed by atoms with Gasteiger partial charge in [0, 0.05) is 28.6 Å². The summed E-state index contributed by atoms with van der Waals surface area (Å²) in [6.45, 7) is 1.25. The van der Waals surface area contributed by atoms with Crippen molar-refractivity contribution in [2.24, 2.45) is 0 Å². The van der Waals surface area contributed by atoms with Crippen LogP contribution < -0.4 is 10.2 Å². The first kappa shape index (κ1) is 22.7. The number of hydrogen-bond donors (Lipinski definition) is 1. The molecule has 2 heterocycles. The van der Waals surface area contributed by atoms with Crippen molar-refractivity contribution in [3.05, 3.63) is 48.5 Å². The molecule has 0 bridgehead atoms. The van der Waals surface area contributed by atoms with Crippen molar-refractivity contribution in [1.82, 2.24) is 4.90 Å². The lowest BCUT2D eigenvalue weighted by Gasteiger charge is -2.34. The molecular formula is C24H27N3O3S2. The van der Waals surface area contributed by atoms with Crippen LogP contribution >= 0.6 is 23.5 Å². The number of para-hydroxylation sites is 1. The molecule has 0 saturated carbocycles. The van der Waals surface area contributed by atoms with Crippen LogP contribution in [0.4, 0.5) is 11.4 Å². The van der Waals surface area contributed by atoms with Gasteiger partial charge in [0.25, 0.3) is 5.91 Å². The molecule has 1 N–H and O–H groups in total. The maximum absolute atomic E-state index is 13.4. The number of carbonyl (C=O) groups excluding carboxylic acids is 3. The van der Waals surface area contributed by atoms with Crippen LogP contribution in [-0.4, -0.2) is 53.8 Å². The van der Waals surface area contributed by atoms with E-state index in [0.29, 0.717) is 24.5 Å². The third-order valence-corrected chi connectivity index (χ3v) is 7.65. The van der Waals surface area contributed by atoms with Crippen molar-refractivity contribution in [3.8, 4) is 0 Å². The lowest BCUT2D eigenvalue weighted by atomic mass is 10.2. The molecule has 2 aromatic rings. The summed E-state index contributed by atoms with van der Waals surface area (Å²) < 4.78 is 0. The first-order valence-corrected chi connectivity index (χ1v) is 13.0. The van der Waals surface area contributed by atoms with E-state index in [9.17, 15) is 14.4 Å². The van der Waals surface area contributed by atoms with Crippen molar-refractivity contribution in [3.63, 3.8) is 0 Å². The Hall–Kier alpha value is -2.45. The highest BCUT2D eigenvalue weighted by Crippen LogP contribution is 2.40. The van der Waals surface area contributed by atoms with Gasteiger partial charge < -0.3 is 15.1 Å². The molecule has 0 unspecified atom stereocenters. The minimum atomic E-state index is -0.851. The first-order chi connectivity index (χ1) is 15.6. The van der Waals surface area contributed by atoms with Gasteiger partial charge >= 0.3 is 0 Å². The second kappa shape index (κ2) is 10.4. The molecule has 0 aliphatic carbocycles. The van der Waals surface area contributed by atoms with E-state index in [2.05, 4.69) is 5.32 Å². The number of fused-ring (bicyclic) bond motifs is 1. The van der Waals surface area contributed by atoms with E-state index in [0.717, 1.165) is 35.5 Å². The summed E-state index contributed by atoms with van der Waals surface area (Å²) in [5.74, 6) is -0.760. The van der Waals surface area contributed by atoms with Crippen LogP contribution in [0.3, 0.4) is 0 Å². The van der Waals surface area contributed by atoms with Crippen LogP contribution in [0.5, 0.6) is 0 Å². The first-order valence-electron chi connectivity index (χ1n) is 10.9. The third kappa shape index (κ3) is 5.13. The summed E-state index contributed by atoms with van der Waals surface area (Å²) >= 11 is 2.89. The van der Waals surface area contributed by atoms with E-state index in [4.69, 9.17) is 0 Å². The average Bonchev–Trinajstić information content (AvgIpc) is 3.10. The van der Waals surface area contributed by atoms with Crippen LogP contribution in [0.15, 0.2) is 58.3 Å². The third-order valence-electron chi connectivity index (χ3n) is 5.69. The van der Waals surface area contributed by atoms with E-state index in [1.807, 2.05) is 59.7 Å². The number of benzene rings is 2. The molecule has 4 rings (SSSR count). The minimum absolute atomic E-state index is 0.135. The number of hydrogen-bond acceptors (Lipinski definition) is 5. The summed E-state index contributed by atoms with van der Waals surface area (Å²) in [4.78, 5) is 44.7. The zero-order chi connectivity index (χ0) is 22.5. The highest BCUT2D eigenvalue weighted by atomic mass is 32.2. The molecule has 8 heteroatoms. The van der Waals surface area contributed by atoms with E-state index in [1.165, 1.54) is 16.7 Å². The molecule has 0 radical (unpaired) electrons. The van der Waals surface area contributed by atoms with Crippen LogP contribution in [0.25, 0.3) is 0 Å². The highest BCUT2D eigenvalue weighted by molar-refractivity contribution is 8.01. The molecule has 2 aromatic carbocycles. The Morgan fingerprint density at radius 2 is 1.81 bits per heavy atom. The summed E-state index contributed by atoms with van der Waals surface area (Å²) in [7, 11) is 0. The number of nitrogens with zero attached hydrogens (tertiary/aromatic N) is 2. The van der Waals surface area contributed by atoms with Crippen molar-refractivity contribution < 1.29 is 14.4 Å². The molecule has 168 valence electrons. The molecule has 3 amide bonds. The zero-order valence-electron chi connectivity index (χ0n) is 18.1. The van der Waals surface area contributed by atoms with Crippen LogP contribution in [0.1, 0.15) is 25.7 Å². The molecular weight excluding hydrogens is 442 g/mol. The molecule has 1 atom stereocenters. The van der Waals surface area contributed by atoms with Gasteiger partial charge in [0.05, 0.1) is 5.69 Å². The SMILES string of the molecule is CSc1cccc(NC(=O)CN2C(=O)[C@H](C(=O)N3CCCCCC3)Sc3ccccc32)c1. The van der Waals surface area contributed by atoms with Crippen LogP contribution in [0.2, 0.25) is 0 Å². The van der Waals surface area contributed by atoms with E-state index >= 15 is 0 Å². The monoisotopic (exact) mass is 469 g/mol. The van der Waals surface area contributed by atoms with Gasteiger partial charge in [0.15, 0.2) is 5.25 Å². The molecule has 0 spiro atoms. The van der Waals surface area contributed by atoms with Gasteiger partial charge in [0.1, 0.15) is 6.54 Å². The molecule has 32 heavy (non-hydrogen) atoms. The fraction of sp³-hybridized carbons (Fsp3) is 0.375. The number of amides is 3. The molecule has 1 saturated heterocycles. The second-order valence-electron chi connectivity index (χ2n) is 7.91. The molecule has 6 nitrogen and oxygen atoms in total. The zero-order valence-corrected chi connectivity index (χ0v) is 19.7. The van der Waals surface area contributed by atoms with Crippen molar-refractivity contribution in [1.29, 1.82) is 0 Å². The van der Waals surface area contributed by atoms with Crippen molar-refractivity contribution in [2.45, 2.75) is 40.7 Å². The van der Waals surface area contributed by atoms with Gasteiger partial charge in [-0.1, -0.05) is 31.0 Å². The molecule has 2 aliphatic rings. The second-order valence-corrected chi connectivity index (χ2v) is 9.94. The summed E-state index contributed by atoms with van der Waals surface area (Å²) in [5, 5.41) is 2.03. The topological polar surface area (TPSA) is 69.7 Å². The Morgan fingerprint density at radius 1 is 1.06 bits per heavy atom. The number of thioether (sulfide) groups is 2. The van der Waals surface area contributed by atoms with Gasteiger partial charge in [-0.25, -0.2) is 0 Å². The van der Waals surface area contributed by atoms with Gasteiger partial charge in [-0.15, -0.1) is 23.5 Å². The summed E-state index contributed by atoms with van der Waals surface area (Å²) in [6, 6.07) is 15.0. The van der Waals surface area contributed by atoms with Crippen LogP contribution in [0, 0.1) is 0 Å². The Balaban J connectivity index is 1.53. The average molecular weight is 470 g/mol. The van der Waals surface area contributed by atoms with Gasteiger partial charge in [0.2, 0.25) is 11.8 Å². The van der Waals surface area contributed by atoms with Gasteiger partial charge in [-0.05, 0) is 49.4 Å². The fourth-order valence-corrected chi connectivity index (χ4v) is 5.69. The largest absolute Gasteiger partial charge is 0.341 e. The number of anilines is 2. The number of carbonyl (C=O) groups is 3. The van der Waals surface area contributed by atoms with Gasteiger partial charge in [-0.3, -0.25) is 14.4 Å². The number of rotatable bonds is 5. The van der Waals surface area contributed by atoms with Crippen molar-refractivity contribution in [2.75, 3.05) is 36.1 Å². The predicted molar refractivity (Wildman–Crippen MR) is 130 cm³/mol. The lowest BCUT2D eigenvalue weighted by molar-refractivity contribution is -0.135. The van der Waals surface area contributed by atoms with E-state index in [-0.39, 0.29) is 24.3 Å². The fourth-order valence-electron chi connectivity index (χ4n) is 4.04. The highest BCUT2D eigenvalue weighted by Gasteiger charge is 2.40. The number of nitrogens with one attached hydrogen (secondary N) is 1. The summed E-state index contributed by atoms with van der Waals surface area (Å²) in [6.07, 6.45) is 6.14. The minimum Gasteiger partial charge on any atom is -0.341 e. The Morgan fingerprint density at radius 3 is 2.56 bits per heavy atom. The smallest absolute Gasteiger partial charge is 0.250 e. The van der Waals surface area contributed by atoms with Crippen molar-refractivity contribution >= 4 is 52.6 Å². The molecule has 1 fully saturated rings. The summed E-state index contributed by atoms with van der Waals surface area (Å²) in [5.41, 5.74) is 1.36. The lowest BCUT2D eigenvalue weighted by Crippen LogP contribution is -2.51. The quantitative estimate of drug-likeness (QED) is 0.524. The predicted octanol–water partition coefficient (Wildman–Crippen LogP) is 4.26. The van der Waals surface area contributed by atoms with E-state index in [1.54, 1.807) is 11.8 Å². The number of likely N-dealkylation sites (tertiary alicyclic amines) is 1. The van der Waals surface area contributed by atoms with E-state index < -0.39 is 5.25 Å². The van der Waals surface area contributed by atoms with Gasteiger partial charge in [-0.2, -0.15) is 0 Å². The maximum Gasteiger partial charge on any atom is 0.250 e. The standard InChI is InChI=1S/C24H27N3O3S2/c1-31-18-10-8-9-17(15-18)25-21(28)16-27-19-11-4-5-12-20(19)32-22(24(27)30)23(29)26-13-6-2-3-7-14-26/h4-5,8-12,15,22H,2-3,6-7,13-14,16H2,1H3,(H,25,28)/t22-/m0/s1. The Kier molecular flexibility index (Phi) is 7.42. The maximum atomic E-state index is 13.4.